The molecule has 0 saturated carbocycles. The van der Waals surface area contributed by atoms with Crippen molar-refractivity contribution in [3.63, 3.8) is 0 Å². The first-order chi connectivity index (χ1) is 9.19. The Bertz CT molecular complexity index is 459. The Morgan fingerprint density at radius 2 is 2.15 bits per heavy atom. The number of nitrogens with one attached hydrogen (secondary N) is 1. The number of nitrogen functional groups attached to an aromatic ring is 1. The lowest BCUT2D eigenvalue weighted by molar-refractivity contribution is 0.0129. The lowest BCUT2D eigenvalue weighted by Crippen LogP contribution is -2.38. The molecule has 0 saturated heterocycles. The highest BCUT2D eigenvalue weighted by Gasteiger charge is 2.21. The number of rotatable bonds is 4. The molecule has 1 heterocycles. The second-order valence-electron chi connectivity index (χ2n) is 5.41. The van der Waals surface area contributed by atoms with Gasteiger partial charge in [-0.25, -0.2) is 9.78 Å². The maximum Gasteiger partial charge on any atom is 0.407 e. The summed E-state index contributed by atoms with van der Waals surface area (Å²) in [6, 6.07) is 3.00. The van der Waals surface area contributed by atoms with Gasteiger partial charge < -0.3 is 26.0 Å². The van der Waals surface area contributed by atoms with E-state index in [2.05, 4.69) is 10.3 Å². The minimum atomic E-state index is -1.18. The van der Waals surface area contributed by atoms with E-state index in [1.165, 1.54) is 18.3 Å². The van der Waals surface area contributed by atoms with E-state index in [0.717, 1.165) is 0 Å². The average Bonchev–Trinajstić information content (AvgIpc) is 2.33. The Balaban J connectivity index is 2.50. The summed E-state index contributed by atoms with van der Waals surface area (Å²) >= 11 is 0. The van der Waals surface area contributed by atoms with E-state index < -0.39 is 23.9 Å². The summed E-state index contributed by atoms with van der Waals surface area (Å²) < 4.78 is 5.02. The molecule has 0 fully saturated rings. The Hall–Kier alpha value is -1.86. The highest BCUT2D eigenvalue weighted by Crippen LogP contribution is 2.17. The molecule has 112 valence electrons. The van der Waals surface area contributed by atoms with Crippen LogP contribution in [0.1, 0.15) is 32.4 Å². The van der Waals surface area contributed by atoms with Crippen molar-refractivity contribution in [3.05, 3.63) is 23.9 Å². The third-order valence-corrected chi connectivity index (χ3v) is 2.37. The number of aliphatic hydroxyl groups excluding tert-OH is 2. The number of aromatic nitrogens is 1. The number of amides is 1. The zero-order valence-electron chi connectivity index (χ0n) is 11.8. The molecule has 2 atom stereocenters. The Kier molecular flexibility index (Phi) is 5.29. The number of hydrogen-bond donors (Lipinski definition) is 4. The maximum atomic E-state index is 11.4. The molecular weight excluding hydrogens is 262 g/mol. The summed E-state index contributed by atoms with van der Waals surface area (Å²) in [5, 5.41) is 22.1. The van der Waals surface area contributed by atoms with Crippen molar-refractivity contribution in [2.75, 3.05) is 12.3 Å². The summed E-state index contributed by atoms with van der Waals surface area (Å²) in [5.41, 5.74) is 5.30. The molecule has 0 spiro atoms. The second kappa shape index (κ2) is 6.53. The monoisotopic (exact) mass is 283 g/mol. The largest absolute Gasteiger partial charge is 0.444 e. The predicted molar refractivity (Wildman–Crippen MR) is 73.9 cm³/mol. The quantitative estimate of drug-likeness (QED) is 0.642. The Labute approximate surface area is 117 Å². The van der Waals surface area contributed by atoms with Gasteiger partial charge in [-0.3, -0.25) is 0 Å². The number of carbonyl (C=O) groups excluding carboxylic acids is 1. The number of anilines is 1. The van der Waals surface area contributed by atoms with Crippen LogP contribution in [0.15, 0.2) is 18.3 Å². The van der Waals surface area contributed by atoms with Gasteiger partial charge in [0.25, 0.3) is 0 Å². The van der Waals surface area contributed by atoms with Crippen molar-refractivity contribution in [3.8, 4) is 0 Å². The van der Waals surface area contributed by atoms with E-state index in [1.54, 1.807) is 20.8 Å². The van der Waals surface area contributed by atoms with Crippen LogP contribution in [0.3, 0.4) is 0 Å². The van der Waals surface area contributed by atoms with Gasteiger partial charge >= 0.3 is 6.09 Å². The summed E-state index contributed by atoms with van der Waals surface area (Å²) in [5.74, 6) is 0.244. The fraction of sp³-hybridized carbons (Fsp3) is 0.538. The first-order valence-electron chi connectivity index (χ1n) is 6.23. The number of nitrogens with two attached hydrogens (primary N) is 1. The summed E-state index contributed by atoms with van der Waals surface area (Å²) in [6.07, 6.45) is -1.57. The molecule has 1 rings (SSSR count). The fourth-order valence-corrected chi connectivity index (χ4v) is 1.49. The molecule has 2 unspecified atom stereocenters. The van der Waals surface area contributed by atoms with E-state index in [1.807, 2.05) is 0 Å². The van der Waals surface area contributed by atoms with Crippen LogP contribution < -0.4 is 11.1 Å². The number of carbonyl (C=O) groups is 1. The predicted octanol–water partition coefficient (Wildman–Crippen LogP) is 0.583. The van der Waals surface area contributed by atoms with Gasteiger partial charge in [0.05, 0.1) is 0 Å². The average molecular weight is 283 g/mol. The molecule has 0 aliphatic rings. The minimum absolute atomic E-state index is 0.141. The first-order valence-corrected chi connectivity index (χ1v) is 6.23. The fourth-order valence-electron chi connectivity index (χ4n) is 1.49. The Morgan fingerprint density at radius 3 is 2.70 bits per heavy atom. The molecule has 7 nitrogen and oxygen atoms in total. The molecular formula is C13H21N3O4. The summed E-state index contributed by atoms with van der Waals surface area (Å²) in [6.45, 7) is 5.06. The molecule has 1 aromatic heterocycles. The number of alkyl carbamates (subject to hydrolysis) is 1. The highest BCUT2D eigenvalue weighted by atomic mass is 16.6. The lowest BCUT2D eigenvalue weighted by Gasteiger charge is -2.22. The standard InChI is InChI=1S/C13H21N3O4/c1-13(2,3)20-12(19)16-7-9(17)11(18)8-4-5-15-10(14)6-8/h4-6,9,11,17-18H,7H2,1-3H3,(H2,14,15)(H,16,19). The molecule has 1 aromatic rings. The smallest absolute Gasteiger partial charge is 0.407 e. The van der Waals surface area contributed by atoms with E-state index >= 15 is 0 Å². The number of nitrogens with zero attached hydrogens (tertiary/aromatic N) is 1. The molecule has 0 aliphatic carbocycles. The van der Waals surface area contributed by atoms with Crippen LogP contribution in [0, 0.1) is 0 Å². The number of hydrogen-bond acceptors (Lipinski definition) is 6. The van der Waals surface area contributed by atoms with Gasteiger partial charge in [0.2, 0.25) is 0 Å². The SMILES string of the molecule is CC(C)(C)OC(=O)NCC(O)C(O)c1ccnc(N)c1. The molecule has 0 aromatic carbocycles. The molecule has 0 radical (unpaired) electrons. The van der Waals surface area contributed by atoms with Crippen LogP contribution in [0.5, 0.6) is 0 Å². The van der Waals surface area contributed by atoms with Gasteiger partial charge in [0.1, 0.15) is 23.6 Å². The molecule has 7 heteroatoms. The van der Waals surface area contributed by atoms with Crippen LogP contribution in [-0.2, 0) is 4.74 Å². The van der Waals surface area contributed by atoms with Crippen molar-refractivity contribution in [2.24, 2.45) is 0 Å². The minimum Gasteiger partial charge on any atom is -0.444 e. The lowest BCUT2D eigenvalue weighted by atomic mass is 10.1. The first kappa shape index (κ1) is 16.2. The van der Waals surface area contributed by atoms with Crippen molar-refractivity contribution < 1.29 is 19.7 Å². The van der Waals surface area contributed by atoms with Crippen molar-refractivity contribution in [1.29, 1.82) is 0 Å². The molecule has 20 heavy (non-hydrogen) atoms. The normalized spacial score (nSPS) is 14.4. The summed E-state index contributed by atoms with van der Waals surface area (Å²) in [7, 11) is 0. The van der Waals surface area contributed by atoms with E-state index in [9.17, 15) is 15.0 Å². The maximum absolute atomic E-state index is 11.4. The number of pyridine rings is 1. The second-order valence-corrected chi connectivity index (χ2v) is 5.41. The zero-order valence-corrected chi connectivity index (χ0v) is 11.8. The zero-order chi connectivity index (χ0) is 15.3. The van der Waals surface area contributed by atoms with Gasteiger partial charge in [-0.15, -0.1) is 0 Å². The van der Waals surface area contributed by atoms with Crippen molar-refractivity contribution in [1.82, 2.24) is 10.3 Å². The van der Waals surface area contributed by atoms with Gasteiger partial charge in [-0.05, 0) is 38.5 Å². The Morgan fingerprint density at radius 1 is 1.50 bits per heavy atom. The topological polar surface area (TPSA) is 118 Å². The van der Waals surface area contributed by atoms with Crippen LogP contribution in [0.2, 0.25) is 0 Å². The van der Waals surface area contributed by atoms with Crippen LogP contribution in [0.25, 0.3) is 0 Å². The molecule has 0 aliphatic heterocycles. The van der Waals surface area contributed by atoms with Crippen LogP contribution in [-0.4, -0.2) is 39.5 Å². The van der Waals surface area contributed by atoms with Crippen molar-refractivity contribution in [2.45, 2.75) is 38.6 Å². The highest BCUT2D eigenvalue weighted by molar-refractivity contribution is 5.67. The van der Waals surface area contributed by atoms with Gasteiger partial charge in [-0.1, -0.05) is 0 Å². The molecule has 5 N–H and O–H groups in total. The van der Waals surface area contributed by atoms with Crippen LogP contribution >= 0.6 is 0 Å². The van der Waals surface area contributed by atoms with E-state index in [0.29, 0.717) is 5.56 Å². The van der Waals surface area contributed by atoms with Gasteiger partial charge in [-0.2, -0.15) is 0 Å². The van der Waals surface area contributed by atoms with Crippen molar-refractivity contribution >= 4 is 11.9 Å². The number of aliphatic hydroxyl groups is 2. The molecule has 0 bridgehead atoms. The van der Waals surface area contributed by atoms with Crippen LogP contribution in [0.4, 0.5) is 10.6 Å². The third-order valence-electron chi connectivity index (χ3n) is 2.37. The number of ether oxygens (including phenoxy) is 1. The van der Waals surface area contributed by atoms with E-state index in [4.69, 9.17) is 10.5 Å². The van der Waals surface area contributed by atoms with Gasteiger partial charge in [0, 0.05) is 12.7 Å². The third kappa shape index (κ3) is 5.41. The van der Waals surface area contributed by atoms with Gasteiger partial charge in [0.15, 0.2) is 0 Å². The van der Waals surface area contributed by atoms with E-state index in [-0.39, 0.29) is 12.4 Å². The summed E-state index contributed by atoms with van der Waals surface area (Å²) in [4.78, 5) is 15.2. The molecule has 1 amide bonds.